The third kappa shape index (κ3) is 2.52. The molecule has 3 heterocycles. The van der Waals surface area contributed by atoms with Crippen LogP contribution in [0.1, 0.15) is 18.1 Å². The monoisotopic (exact) mass is 318 g/mol. The highest BCUT2D eigenvalue weighted by atomic mass is 15.5. The van der Waals surface area contributed by atoms with Crippen LogP contribution < -0.4 is 5.32 Å². The number of allylic oxidation sites excluding steroid dienone is 1. The molecule has 0 bridgehead atoms. The number of tetrazole rings is 1. The van der Waals surface area contributed by atoms with Gasteiger partial charge in [0.2, 0.25) is 5.82 Å². The van der Waals surface area contributed by atoms with Gasteiger partial charge in [0.15, 0.2) is 0 Å². The molecule has 24 heavy (non-hydrogen) atoms. The molecule has 0 radical (unpaired) electrons. The van der Waals surface area contributed by atoms with E-state index in [4.69, 9.17) is 5.26 Å². The first kappa shape index (κ1) is 14.1. The first-order valence-corrected chi connectivity index (χ1v) is 7.60. The van der Waals surface area contributed by atoms with E-state index in [0.29, 0.717) is 5.57 Å². The van der Waals surface area contributed by atoms with Crippen molar-refractivity contribution in [2.24, 2.45) is 0 Å². The quantitative estimate of drug-likeness (QED) is 0.712. The fourth-order valence-corrected chi connectivity index (χ4v) is 2.80. The highest BCUT2D eigenvalue weighted by molar-refractivity contribution is 5.74. The molecule has 0 atom stereocenters. The Balaban J connectivity index is 1.53. The number of H-pyrrole nitrogens is 1. The van der Waals surface area contributed by atoms with E-state index in [0.717, 1.165) is 42.2 Å². The van der Waals surface area contributed by atoms with Crippen molar-refractivity contribution in [1.29, 1.82) is 5.26 Å². The number of aromatic nitrogens is 6. The molecule has 0 saturated carbocycles. The summed E-state index contributed by atoms with van der Waals surface area (Å²) in [4.78, 5) is 4.47. The molecule has 8 heteroatoms. The lowest BCUT2D eigenvalue weighted by molar-refractivity contribution is 0.756. The summed E-state index contributed by atoms with van der Waals surface area (Å²) >= 11 is 0. The molecule has 118 valence electrons. The molecule has 0 saturated heterocycles. The van der Waals surface area contributed by atoms with Gasteiger partial charge in [0, 0.05) is 24.9 Å². The van der Waals surface area contributed by atoms with Gasteiger partial charge in [-0.15, -0.1) is 10.2 Å². The number of rotatable bonds is 4. The number of aryl methyl sites for hydroxylation is 1. The van der Waals surface area contributed by atoms with Gasteiger partial charge >= 0.3 is 0 Å². The van der Waals surface area contributed by atoms with Crippen LogP contribution in [-0.2, 0) is 13.0 Å². The van der Waals surface area contributed by atoms with Gasteiger partial charge in [-0.2, -0.15) is 10.5 Å². The molecule has 1 aliphatic rings. The van der Waals surface area contributed by atoms with Crippen molar-refractivity contribution in [3.8, 4) is 17.3 Å². The van der Waals surface area contributed by atoms with E-state index in [-0.39, 0.29) is 5.82 Å². The Bertz CT molecular complexity index is 912. The van der Waals surface area contributed by atoms with Crippen LogP contribution in [0.3, 0.4) is 0 Å². The highest BCUT2D eigenvalue weighted by Gasteiger charge is 2.16. The number of aromatic amines is 1. The molecule has 3 aromatic rings. The fourth-order valence-electron chi connectivity index (χ4n) is 2.80. The molecule has 1 aliphatic heterocycles. The van der Waals surface area contributed by atoms with Gasteiger partial charge in [0.05, 0.1) is 11.9 Å². The lowest BCUT2D eigenvalue weighted by Crippen LogP contribution is -1.96. The number of imidazole rings is 1. The van der Waals surface area contributed by atoms with Crippen molar-refractivity contribution < 1.29 is 0 Å². The Hall–Kier alpha value is -3.47. The largest absolute Gasteiger partial charge is 0.360 e. The van der Waals surface area contributed by atoms with Crippen LogP contribution in [0.4, 0.5) is 5.69 Å². The molecular formula is C16H14N8. The van der Waals surface area contributed by atoms with E-state index in [1.807, 2.05) is 36.5 Å². The van der Waals surface area contributed by atoms with Crippen molar-refractivity contribution in [2.75, 3.05) is 5.32 Å². The number of benzene rings is 1. The Kier molecular flexibility index (Phi) is 3.51. The molecule has 2 N–H and O–H groups in total. The van der Waals surface area contributed by atoms with Gasteiger partial charge in [0.25, 0.3) is 0 Å². The van der Waals surface area contributed by atoms with Crippen molar-refractivity contribution in [3.05, 3.63) is 48.3 Å². The number of fused-ring (bicyclic) bond motifs is 1. The molecule has 4 rings (SSSR count). The van der Waals surface area contributed by atoms with Crippen molar-refractivity contribution in [2.45, 2.75) is 19.4 Å². The van der Waals surface area contributed by atoms with E-state index < -0.39 is 0 Å². The maximum absolute atomic E-state index is 9.14. The fraction of sp³-hybridized carbons (Fsp3) is 0.188. The summed E-state index contributed by atoms with van der Waals surface area (Å²) < 4.78 is 2.27. The second-order valence-electron chi connectivity index (χ2n) is 5.44. The lowest BCUT2D eigenvalue weighted by Gasteiger charge is -2.06. The van der Waals surface area contributed by atoms with Gasteiger partial charge < -0.3 is 9.88 Å². The molecule has 2 aromatic heterocycles. The summed E-state index contributed by atoms with van der Waals surface area (Å²) in [6.07, 6.45) is 5.71. The number of hydrogen-bond donors (Lipinski definition) is 2. The molecule has 0 fully saturated rings. The van der Waals surface area contributed by atoms with Gasteiger partial charge in [-0.25, -0.2) is 4.98 Å². The van der Waals surface area contributed by atoms with Crippen LogP contribution in [0.2, 0.25) is 0 Å². The number of anilines is 1. The minimum atomic E-state index is 0.261. The summed E-state index contributed by atoms with van der Waals surface area (Å²) in [5.41, 5.74) is 3.45. The first-order valence-electron chi connectivity index (χ1n) is 7.60. The summed E-state index contributed by atoms with van der Waals surface area (Å²) in [5, 5.41) is 25.6. The summed E-state index contributed by atoms with van der Waals surface area (Å²) in [5.74, 6) is 1.42. The van der Waals surface area contributed by atoms with E-state index in [1.54, 1.807) is 6.20 Å². The Morgan fingerprint density at radius 1 is 1.33 bits per heavy atom. The summed E-state index contributed by atoms with van der Waals surface area (Å²) in [6.45, 7) is 1.03. The molecule has 1 aromatic carbocycles. The molecule has 0 amide bonds. The topological polar surface area (TPSA) is 108 Å². The van der Waals surface area contributed by atoms with E-state index in [9.17, 15) is 0 Å². The number of hydrogen-bond acceptors (Lipinski definition) is 6. The maximum atomic E-state index is 9.14. The number of nitrogens with one attached hydrogen (secondary N) is 2. The smallest absolute Gasteiger partial charge is 0.216 e. The lowest BCUT2D eigenvalue weighted by atomic mass is 10.1. The molecule has 0 spiro atoms. The summed E-state index contributed by atoms with van der Waals surface area (Å²) in [7, 11) is 0. The summed E-state index contributed by atoms with van der Waals surface area (Å²) in [6, 6.07) is 10.0. The standard InChI is InChI=1S/C16H14N8/c17-8-12(16-20-22-23-21-16)9-18-13-5-3-11(4-6-13)14-10-19-15-2-1-7-24(14)15/h3-6,9-10,18H,1-2,7H2,(H,20,21,22,23). The van der Waals surface area contributed by atoms with Crippen molar-refractivity contribution in [3.63, 3.8) is 0 Å². The Morgan fingerprint density at radius 3 is 2.96 bits per heavy atom. The minimum absolute atomic E-state index is 0.261. The molecule has 0 aliphatic carbocycles. The minimum Gasteiger partial charge on any atom is -0.360 e. The van der Waals surface area contributed by atoms with Gasteiger partial charge in [-0.05, 0) is 29.3 Å². The Labute approximate surface area is 137 Å². The normalized spacial score (nSPS) is 13.5. The second-order valence-corrected chi connectivity index (χ2v) is 5.44. The number of nitrogens with zero attached hydrogens (tertiary/aromatic N) is 6. The second kappa shape index (κ2) is 5.96. The van der Waals surface area contributed by atoms with Gasteiger partial charge in [-0.1, -0.05) is 12.1 Å². The molecule has 8 nitrogen and oxygen atoms in total. The predicted molar refractivity (Wildman–Crippen MR) is 87.4 cm³/mol. The zero-order valence-electron chi connectivity index (χ0n) is 12.8. The molecular weight excluding hydrogens is 304 g/mol. The van der Waals surface area contributed by atoms with Crippen LogP contribution in [0.25, 0.3) is 16.8 Å². The zero-order chi connectivity index (χ0) is 16.4. The SMILES string of the molecule is N#CC(=CNc1ccc(-c2cnc3n2CCC3)cc1)c1nn[nH]n1. The predicted octanol–water partition coefficient (Wildman–Crippen LogP) is 1.99. The first-order chi connectivity index (χ1) is 11.8. The van der Waals surface area contributed by atoms with Crippen molar-refractivity contribution >= 4 is 11.3 Å². The van der Waals surface area contributed by atoms with Crippen LogP contribution >= 0.6 is 0 Å². The van der Waals surface area contributed by atoms with Crippen LogP contribution in [0, 0.1) is 11.3 Å². The molecule has 0 unspecified atom stereocenters. The zero-order valence-corrected chi connectivity index (χ0v) is 12.8. The van der Waals surface area contributed by atoms with Gasteiger partial charge in [0.1, 0.15) is 17.5 Å². The van der Waals surface area contributed by atoms with Gasteiger partial charge in [-0.3, -0.25) is 0 Å². The number of nitriles is 1. The average Bonchev–Trinajstić information content (AvgIpc) is 3.34. The third-order valence-corrected chi connectivity index (χ3v) is 3.99. The Morgan fingerprint density at radius 2 is 2.21 bits per heavy atom. The van der Waals surface area contributed by atoms with E-state index >= 15 is 0 Å². The van der Waals surface area contributed by atoms with Crippen LogP contribution in [0.5, 0.6) is 0 Å². The van der Waals surface area contributed by atoms with E-state index in [1.165, 1.54) is 0 Å². The van der Waals surface area contributed by atoms with Crippen molar-refractivity contribution in [1.82, 2.24) is 30.2 Å². The maximum Gasteiger partial charge on any atom is 0.216 e. The van der Waals surface area contributed by atoms with Crippen LogP contribution in [0.15, 0.2) is 36.7 Å². The van der Waals surface area contributed by atoms with E-state index in [2.05, 4.69) is 35.5 Å². The highest BCUT2D eigenvalue weighted by Crippen LogP contribution is 2.26. The van der Waals surface area contributed by atoms with Crippen LogP contribution in [-0.4, -0.2) is 30.2 Å². The third-order valence-electron chi connectivity index (χ3n) is 3.99. The average molecular weight is 318 g/mol.